The molecule has 0 saturated heterocycles. The Morgan fingerprint density at radius 2 is 1.68 bits per heavy atom. The number of hydrogen-bond acceptors (Lipinski definition) is 4. The van der Waals surface area contributed by atoms with E-state index in [0.717, 1.165) is 22.5 Å². The van der Waals surface area contributed by atoms with Crippen LogP contribution in [0.25, 0.3) is 16.8 Å². The molecule has 1 heterocycles. The zero-order chi connectivity index (χ0) is 21.6. The van der Waals surface area contributed by atoms with Gasteiger partial charge >= 0.3 is 0 Å². The van der Waals surface area contributed by atoms with Crippen molar-refractivity contribution in [3.63, 3.8) is 0 Å². The number of aromatic nitrogens is 3. The van der Waals surface area contributed by atoms with Crippen LogP contribution in [0.1, 0.15) is 25.3 Å². The lowest BCUT2D eigenvalue weighted by Crippen LogP contribution is -2.15. The summed E-state index contributed by atoms with van der Waals surface area (Å²) in [6.45, 7) is 4.34. The van der Waals surface area contributed by atoms with Gasteiger partial charge < -0.3 is 5.32 Å². The minimum absolute atomic E-state index is 0.0851. The fraction of sp³-hybridized carbons (Fsp3) is 0.160. The summed E-state index contributed by atoms with van der Waals surface area (Å²) < 4.78 is 1.90. The van der Waals surface area contributed by atoms with Crippen LogP contribution in [0, 0.1) is 0 Å². The van der Waals surface area contributed by atoms with Crippen LogP contribution in [0.15, 0.2) is 90.3 Å². The molecule has 0 bridgehead atoms. The zero-order valence-corrected chi connectivity index (χ0v) is 18.3. The lowest BCUT2D eigenvalue weighted by molar-refractivity contribution is -0.113. The summed E-state index contributed by atoms with van der Waals surface area (Å²) in [5.74, 6) is 0.635. The zero-order valence-electron chi connectivity index (χ0n) is 17.5. The summed E-state index contributed by atoms with van der Waals surface area (Å²) in [6.07, 6.45) is 1.68. The number of carbonyl (C=O) groups excluding carboxylic acids is 1. The molecule has 3 aromatic carbocycles. The molecule has 0 saturated carbocycles. The molecule has 0 unspecified atom stereocenters. The van der Waals surface area contributed by atoms with E-state index in [4.69, 9.17) is 0 Å². The molecule has 31 heavy (non-hydrogen) atoms. The Morgan fingerprint density at radius 1 is 0.968 bits per heavy atom. The van der Waals surface area contributed by atoms with E-state index < -0.39 is 0 Å². The quantitative estimate of drug-likeness (QED) is 0.379. The topological polar surface area (TPSA) is 59.8 Å². The molecule has 4 rings (SSSR count). The van der Waals surface area contributed by atoms with Crippen LogP contribution in [-0.2, 0) is 4.79 Å². The van der Waals surface area contributed by atoms with Crippen LogP contribution in [-0.4, -0.2) is 26.4 Å². The van der Waals surface area contributed by atoms with Gasteiger partial charge in [-0.2, -0.15) is 0 Å². The molecule has 0 aliphatic carbocycles. The third-order valence-electron chi connectivity index (χ3n) is 4.97. The molecule has 0 aliphatic rings. The van der Waals surface area contributed by atoms with Crippen molar-refractivity contribution >= 4 is 23.4 Å². The maximum absolute atomic E-state index is 12.7. The molecular formula is C25H24N4OS. The average molecular weight is 429 g/mol. The normalized spacial score (nSPS) is 10.9. The van der Waals surface area contributed by atoms with Crippen molar-refractivity contribution in [2.45, 2.75) is 24.9 Å². The van der Waals surface area contributed by atoms with Crippen molar-refractivity contribution < 1.29 is 4.79 Å². The van der Waals surface area contributed by atoms with Crippen molar-refractivity contribution in [1.82, 2.24) is 14.8 Å². The standard InChI is InChI=1S/C25H24N4OS/c1-18(2)19-12-14-21(15-13-19)29-17-26-28-25(29)31-16-24(30)27-23-11-7-6-10-22(23)20-8-4-3-5-9-20/h3-15,17-18H,16H2,1-2H3,(H,27,30). The van der Waals surface area contributed by atoms with E-state index in [2.05, 4.69) is 53.6 Å². The number of anilines is 1. The third-order valence-corrected chi connectivity index (χ3v) is 5.92. The Labute approximate surface area is 186 Å². The van der Waals surface area contributed by atoms with Crippen molar-refractivity contribution in [3.05, 3.63) is 90.8 Å². The molecule has 0 spiro atoms. The van der Waals surface area contributed by atoms with Gasteiger partial charge in [0.15, 0.2) is 5.16 Å². The molecule has 0 atom stereocenters. The highest BCUT2D eigenvalue weighted by Crippen LogP contribution is 2.28. The molecule has 5 nitrogen and oxygen atoms in total. The van der Waals surface area contributed by atoms with Crippen molar-refractivity contribution in [2.75, 3.05) is 11.1 Å². The first-order valence-electron chi connectivity index (χ1n) is 10.2. The van der Waals surface area contributed by atoms with Crippen LogP contribution in [0.2, 0.25) is 0 Å². The largest absolute Gasteiger partial charge is 0.325 e. The summed E-state index contributed by atoms with van der Waals surface area (Å²) in [4.78, 5) is 12.7. The van der Waals surface area contributed by atoms with Crippen LogP contribution >= 0.6 is 11.8 Å². The molecule has 0 fully saturated rings. The van der Waals surface area contributed by atoms with Gasteiger partial charge in [-0.05, 0) is 35.2 Å². The van der Waals surface area contributed by atoms with Crippen LogP contribution < -0.4 is 5.32 Å². The summed E-state index contributed by atoms with van der Waals surface area (Å²) in [6, 6.07) is 26.2. The SMILES string of the molecule is CC(C)c1ccc(-n2cnnc2SCC(=O)Nc2ccccc2-c2ccccc2)cc1. The Morgan fingerprint density at radius 3 is 2.42 bits per heavy atom. The first-order valence-corrected chi connectivity index (χ1v) is 11.2. The van der Waals surface area contributed by atoms with Crippen molar-refractivity contribution in [2.24, 2.45) is 0 Å². The van der Waals surface area contributed by atoms with Crippen LogP contribution in [0.3, 0.4) is 0 Å². The van der Waals surface area contributed by atoms with Gasteiger partial charge in [0.2, 0.25) is 5.91 Å². The van der Waals surface area contributed by atoms with Gasteiger partial charge in [-0.25, -0.2) is 0 Å². The number of para-hydroxylation sites is 1. The van der Waals surface area contributed by atoms with Crippen molar-refractivity contribution in [1.29, 1.82) is 0 Å². The molecule has 0 radical (unpaired) electrons. The average Bonchev–Trinajstić information content (AvgIpc) is 3.27. The number of rotatable bonds is 7. The minimum Gasteiger partial charge on any atom is -0.325 e. The lowest BCUT2D eigenvalue weighted by Gasteiger charge is -2.12. The second-order valence-electron chi connectivity index (χ2n) is 7.48. The molecule has 0 aliphatic heterocycles. The molecule has 4 aromatic rings. The molecule has 6 heteroatoms. The molecule has 1 amide bonds. The van der Waals surface area contributed by atoms with Crippen molar-refractivity contribution in [3.8, 4) is 16.8 Å². The highest BCUT2D eigenvalue weighted by molar-refractivity contribution is 7.99. The number of nitrogens with zero attached hydrogens (tertiary/aromatic N) is 3. The Bertz CT molecular complexity index is 1150. The highest BCUT2D eigenvalue weighted by atomic mass is 32.2. The number of hydrogen-bond donors (Lipinski definition) is 1. The maximum Gasteiger partial charge on any atom is 0.234 e. The number of thioether (sulfide) groups is 1. The first-order chi connectivity index (χ1) is 15.1. The number of amides is 1. The van der Waals surface area contributed by atoms with E-state index in [1.54, 1.807) is 6.33 Å². The summed E-state index contributed by atoms with van der Waals surface area (Å²) in [7, 11) is 0. The number of carbonyl (C=O) groups is 1. The second-order valence-corrected chi connectivity index (χ2v) is 8.42. The summed E-state index contributed by atoms with van der Waals surface area (Å²) >= 11 is 1.37. The Balaban J connectivity index is 1.44. The van der Waals surface area contributed by atoms with Gasteiger partial charge in [0.25, 0.3) is 0 Å². The van der Waals surface area contributed by atoms with E-state index in [1.807, 2.05) is 59.2 Å². The summed E-state index contributed by atoms with van der Waals surface area (Å²) in [5, 5.41) is 11.9. The number of benzene rings is 3. The second kappa shape index (κ2) is 9.62. The first kappa shape index (κ1) is 20.9. The van der Waals surface area contributed by atoms with E-state index in [1.165, 1.54) is 17.3 Å². The highest BCUT2D eigenvalue weighted by Gasteiger charge is 2.12. The van der Waals surface area contributed by atoms with Gasteiger partial charge in [0.1, 0.15) is 6.33 Å². The third kappa shape index (κ3) is 5.03. The minimum atomic E-state index is -0.0851. The molecule has 156 valence electrons. The monoisotopic (exact) mass is 428 g/mol. The Kier molecular flexibility index (Phi) is 6.48. The Hall–Kier alpha value is -3.38. The fourth-order valence-electron chi connectivity index (χ4n) is 3.30. The summed E-state index contributed by atoms with van der Waals surface area (Å²) in [5.41, 5.74) is 5.12. The predicted molar refractivity (Wildman–Crippen MR) is 127 cm³/mol. The molecule has 1 N–H and O–H groups in total. The van der Waals surface area contributed by atoms with E-state index in [-0.39, 0.29) is 11.7 Å². The molecular weight excluding hydrogens is 404 g/mol. The predicted octanol–water partition coefficient (Wildman–Crippen LogP) is 5.79. The van der Waals surface area contributed by atoms with Gasteiger partial charge in [-0.15, -0.1) is 10.2 Å². The van der Waals surface area contributed by atoms with Crippen LogP contribution in [0.4, 0.5) is 5.69 Å². The van der Waals surface area contributed by atoms with E-state index in [0.29, 0.717) is 11.1 Å². The van der Waals surface area contributed by atoms with E-state index in [9.17, 15) is 4.79 Å². The number of nitrogens with one attached hydrogen (secondary N) is 1. The van der Waals surface area contributed by atoms with Gasteiger partial charge in [-0.3, -0.25) is 9.36 Å². The van der Waals surface area contributed by atoms with Crippen LogP contribution in [0.5, 0.6) is 0 Å². The smallest absolute Gasteiger partial charge is 0.234 e. The fourth-order valence-corrected chi connectivity index (χ4v) is 4.03. The maximum atomic E-state index is 12.7. The van der Waals surface area contributed by atoms with Gasteiger partial charge in [0.05, 0.1) is 5.75 Å². The van der Waals surface area contributed by atoms with Gasteiger partial charge in [-0.1, -0.05) is 86.3 Å². The molecule has 1 aromatic heterocycles. The van der Waals surface area contributed by atoms with E-state index >= 15 is 0 Å². The van der Waals surface area contributed by atoms with Gasteiger partial charge in [0, 0.05) is 16.9 Å². The lowest BCUT2D eigenvalue weighted by atomic mass is 10.0.